The van der Waals surface area contributed by atoms with Crippen molar-refractivity contribution in [3.63, 3.8) is 0 Å². The van der Waals surface area contributed by atoms with E-state index in [9.17, 15) is 0 Å². The Labute approximate surface area is 119 Å². The van der Waals surface area contributed by atoms with Gasteiger partial charge < -0.3 is 4.42 Å². The lowest BCUT2D eigenvalue weighted by Gasteiger charge is -2.08. The first kappa shape index (κ1) is 13.0. The molecule has 1 aromatic heterocycles. The minimum Gasteiger partial charge on any atom is -0.469 e. The Morgan fingerprint density at radius 1 is 1.24 bits per heavy atom. The summed E-state index contributed by atoms with van der Waals surface area (Å²) in [4.78, 5) is 0.220. The molecular weight excluding hydrogens is 323 g/mol. The van der Waals surface area contributed by atoms with Crippen molar-refractivity contribution in [2.45, 2.75) is 18.2 Å². The highest BCUT2D eigenvalue weighted by molar-refractivity contribution is 9.09. The highest BCUT2D eigenvalue weighted by atomic mass is 79.9. The zero-order valence-electron chi connectivity index (χ0n) is 9.21. The van der Waals surface area contributed by atoms with Crippen molar-refractivity contribution in [1.29, 1.82) is 0 Å². The van der Waals surface area contributed by atoms with E-state index in [0.717, 1.165) is 23.3 Å². The summed E-state index contributed by atoms with van der Waals surface area (Å²) in [6.07, 6.45) is 2.61. The second-order valence-electron chi connectivity index (χ2n) is 3.91. The van der Waals surface area contributed by atoms with Gasteiger partial charge in [0, 0.05) is 10.4 Å². The fraction of sp³-hybridized carbons (Fsp3) is 0.231. The molecule has 0 aliphatic heterocycles. The SMILES string of the molecule is Cc1cc(C(Br)Cc2ccc(Cl)c(Cl)c2)co1. The zero-order valence-corrected chi connectivity index (χ0v) is 12.3. The third-order valence-electron chi connectivity index (χ3n) is 2.51. The summed E-state index contributed by atoms with van der Waals surface area (Å²) in [6.45, 7) is 1.93. The molecule has 0 aliphatic rings. The molecule has 0 saturated heterocycles. The molecule has 90 valence electrons. The number of alkyl halides is 1. The number of hydrogen-bond donors (Lipinski definition) is 0. The van der Waals surface area contributed by atoms with Gasteiger partial charge in [-0.05, 0) is 37.1 Å². The smallest absolute Gasteiger partial charge is 0.101 e. The lowest BCUT2D eigenvalue weighted by Crippen LogP contribution is -1.93. The van der Waals surface area contributed by atoms with Crippen LogP contribution in [0.1, 0.15) is 21.7 Å². The van der Waals surface area contributed by atoms with Crippen LogP contribution in [0.5, 0.6) is 0 Å². The molecule has 0 aliphatic carbocycles. The number of aryl methyl sites for hydroxylation is 1. The average molecular weight is 334 g/mol. The Bertz CT molecular complexity index is 522. The third-order valence-corrected chi connectivity index (χ3v) is 4.10. The minimum atomic E-state index is 0.220. The van der Waals surface area contributed by atoms with Crippen molar-refractivity contribution >= 4 is 39.1 Å². The molecule has 1 atom stereocenters. The largest absolute Gasteiger partial charge is 0.469 e. The molecule has 0 bridgehead atoms. The van der Waals surface area contributed by atoms with Crippen molar-refractivity contribution in [2.24, 2.45) is 0 Å². The van der Waals surface area contributed by atoms with Crippen molar-refractivity contribution < 1.29 is 4.42 Å². The Morgan fingerprint density at radius 3 is 2.59 bits per heavy atom. The topological polar surface area (TPSA) is 13.1 Å². The van der Waals surface area contributed by atoms with Gasteiger partial charge in [0.15, 0.2) is 0 Å². The molecule has 0 amide bonds. The molecule has 0 fully saturated rings. The molecule has 2 aromatic rings. The average Bonchev–Trinajstić information content (AvgIpc) is 2.70. The van der Waals surface area contributed by atoms with Crippen LogP contribution in [0.15, 0.2) is 34.9 Å². The van der Waals surface area contributed by atoms with Gasteiger partial charge in [-0.2, -0.15) is 0 Å². The van der Waals surface area contributed by atoms with E-state index in [0.29, 0.717) is 10.0 Å². The molecule has 4 heteroatoms. The summed E-state index contributed by atoms with van der Waals surface area (Å²) < 4.78 is 5.29. The molecular formula is C13H11BrCl2O. The van der Waals surface area contributed by atoms with E-state index in [-0.39, 0.29) is 4.83 Å². The summed E-state index contributed by atoms with van der Waals surface area (Å²) in [5.74, 6) is 0.915. The predicted molar refractivity (Wildman–Crippen MR) is 75.3 cm³/mol. The van der Waals surface area contributed by atoms with Crippen LogP contribution in [0, 0.1) is 6.92 Å². The fourth-order valence-corrected chi connectivity index (χ4v) is 2.55. The van der Waals surface area contributed by atoms with Gasteiger partial charge in [-0.3, -0.25) is 0 Å². The van der Waals surface area contributed by atoms with Gasteiger partial charge in [-0.25, -0.2) is 0 Å². The summed E-state index contributed by atoms with van der Waals surface area (Å²) in [5, 5.41) is 1.17. The van der Waals surface area contributed by atoms with E-state index in [1.165, 1.54) is 0 Å². The van der Waals surface area contributed by atoms with Crippen LogP contribution in [-0.4, -0.2) is 0 Å². The van der Waals surface area contributed by atoms with Crippen LogP contribution in [0.4, 0.5) is 0 Å². The van der Waals surface area contributed by atoms with E-state index in [4.69, 9.17) is 27.6 Å². The molecule has 17 heavy (non-hydrogen) atoms. The number of halogens is 3. The molecule has 1 unspecified atom stereocenters. The molecule has 1 aromatic carbocycles. The van der Waals surface area contributed by atoms with Gasteiger partial charge in [0.2, 0.25) is 0 Å². The third kappa shape index (κ3) is 3.27. The van der Waals surface area contributed by atoms with E-state index in [2.05, 4.69) is 15.9 Å². The first-order chi connectivity index (χ1) is 8.06. The van der Waals surface area contributed by atoms with Crippen LogP contribution < -0.4 is 0 Å². The highest BCUT2D eigenvalue weighted by Gasteiger charge is 2.11. The maximum Gasteiger partial charge on any atom is 0.101 e. The quantitative estimate of drug-likeness (QED) is 0.669. The first-order valence-electron chi connectivity index (χ1n) is 5.19. The van der Waals surface area contributed by atoms with Crippen molar-refractivity contribution in [1.82, 2.24) is 0 Å². The molecule has 2 rings (SSSR count). The van der Waals surface area contributed by atoms with Gasteiger partial charge in [0.25, 0.3) is 0 Å². The maximum atomic E-state index is 5.98. The standard InChI is InChI=1S/C13H11BrCl2O/c1-8-4-10(7-17-8)11(14)5-9-2-3-12(15)13(16)6-9/h2-4,6-7,11H,5H2,1H3. The van der Waals surface area contributed by atoms with E-state index < -0.39 is 0 Å². The summed E-state index contributed by atoms with van der Waals surface area (Å²) in [7, 11) is 0. The van der Waals surface area contributed by atoms with Crippen LogP contribution in [0.25, 0.3) is 0 Å². The van der Waals surface area contributed by atoms with E-state index in [1.807, 2.05) is 31.2 Å². The first-order valence-corrected chi connectivity index (χ1v) is 6.86. The van der Waals surface area contributed by atoms with Gasteiger partial charge in [0.05, 0.1) is 16.3 Å². The highest BCUT2D eigenvalue weighted by Crippen LogP contribution is 2.30. The lowest BCUT2D eigenvalue weighted by molar-refractivity contribution is 0.531. The lowest BCUT2D eigenvalue weighted by atomic mass is 10.1. The van der Waals surface area contributed by atoms with E-state index in [1.54, 1.807) is 6.26 Å². The molecule has 0 saturated carbocycles. The van der Waals surface area contributed by atoms with Crippen molar-refractivity contribution in [3.05, 3.63) is 57.5 Å². The number of hydrogen-bond acceptors (Lipinski definition) is 1. The number of furan rings is 1. The summed E-state index contributed by atoms with van der Waals surface area (Å²) in [5.41, 5.74) is 2.27. The number of rotatable bonds is 3. The van der Waals surface area contributed by atoms with Crippen LogP contribution in [0.3, 0.4) is 0 Å². The minimum absolute atomic E-state index is 0.220. The van der Waals surface area contributed by atoms with Gasteiger partial charge >= 0.3 is 0 Å². The molecule has 0 N–H and O–H groups in total. The predicted octanol–water partition coefficient (Wildman–Crippen LogP) is 5.57. The van der Waals surface area contributed by atoms with Gasteiger partial charge in [0.1, 0.15) is 5.76 Å². The number of benzene rings is 1. The van der Waals surface area contributed by atoms with Crippen LogP contribution in [-0.2, 0) is 6.42 Å². The molecule has 0 radical (unpaired) electrons. The van der Waals surface area contributed by atoms with E-state index >= 15 is 0 Å². The summed E-state index contributed by atoms with van der Waals surface area (Å²) >= 11 is 15.5. The fourth-order valence-electron chi connectivity index (χ4n) is 1.62. The Morgan fingerprint density at radius 2 is 2.00 bits per heavy atom. The maximum absolute atomic E-state index is 5.98. The molecule has 1 nitrogen and oxygen atoms in total. The second-order valence-corrected chi connectivity index (χ2v) is 5.83. The van der Waals surface area contributed by atoms with Gasteiger partial charge in [-0.15, -0.1) is 0 Å². The Balaban J connectivity index is 2.12. The second kappa shape index (κ2) is 5.47. The normalized spacial score (nSPS) is 12.7. The zero-order chi connectivity index (χ0) is 12.4. The summed E-state index contributed by atoms with van der Waals surface area (Å²) in [6, 6.07) is 7.72. The Kier molecular flexibility index (Phi) is 4.18. The van der Waals surface area contributed by atoms with Crippen molar-refractivity contribution in [3.8, 4) is 0 Å². The Hall–Kier alpha value is -0.440. The van der Waals surface area contributed by atoms with Crippen molar-refractivity contribution in [2.75, 3.05) is 0 Å². The molecule has 1 heterocycles. The monoisotopic (exact) mass is 332 g/mol. The molecule has 0 spiro atoms. The van der Waals surface area contributed by atoms with Crippen LogP contribution >= 0.6 is 39.1 Å². The van der Waals surface area contributed by atoms with Gasteiger partial charge in [-0.1, -0.05) is 45.2 Å². The van der Waals surface area contributed by atoms with Crippen LogP contribution in [0.2, 0.25) is 10.0 Å².